The van der Waals surface area contributed by atoms with Gasteiger partial charge in [-0.05, 0) is 52.6 Å². The van der Waals surface area contributed by atoms with E-state index in [4.69, 9.17) is 20.9 Å². The summed E-state index contributed by atoms with van der Waals surface area (Å²) in [5.41, 5.74) is 10.9. The van der Waals surface area contributed by atoms with Gasteiger partial charge in [-0.3, -0.25) is 19.4 Å². The quantitative estimate of drug-likeness (QED) is 0.324. The Morgan fingerprint density at radius 3 is 1.54 bits per heavy atom. The molecular formula is C20H40N4O4. The number of piperazine rings is 1. The Bertz CT molecular complexity index is 410. The number of hydrogen-bond acceptors (Lipinski definition) is 8. The van der Waals surface area contributed by atoms with Crippen LogP contribution in [0.5, 0.6) is 0 Å². The summed E-state index contributed by atoms with van der Waals surface area (Å²) in [7, 11) is 0. The number of hydrogen-bond donors (Lipinski definition) is 2. The van der Waals surface area contributed by atoms with E-state index in [-0.39, 0.29) is 11.9 Å². The lowest BCUT2D eigenvalue weighted by Crippen LogP contribution is -2.56. The van der Waals surface area contributed by atoms with Gasteiger partial charge in [-0.2, -0.15) is 0 Å². The standard InChI is InChI=1S/C20H40N4O4/c1-17-15-24(12-8-20(26)28-14-6-4-10-22)18(2)16-23(17)11-7-19(25)27-13-5-3-9-21/h17-18H,3-16,21-22H2,1-2H3/t17-,18+. The highest BCUT2D eigenvalue weighted by molar-refractivity contribution is 5.69. The SMILES string of the molecule is C[C@@H]1CN(CCC(=O)OCCCCN)[C@@H](C)CN1CCC(=O)OCCCCN. The van der Waals surface area contributed by atoms with Crippen molar-refractivity contribution in [3.05, 3.63) is 0 Å². The Kier molecular flexibility index (Phi) is 13.1. The van der Waals surface area contributed by atoms with E-state index in [0.29, 0.717) is 64.3 Å². The molecule has 8 heteroatoms. The predicted molar refractivity (Wildman–Crippen MR) is 110 cm³/mol. The first kappa shape index (κ1) is 24.8. The van der Waals surface area contributed by atoms with E-state index in [1.807, 2.05) is 0 Å². The molecule has 1 aliphatic heterocycles. The van der Waals surface area contributed by atoms with E-state index in [9.17, 15) is 9.59 Å². The summed E-state index contributed by atoms with van der Waals surface area (Å²) in [6.45, 7) is 9.67. The smallest absolute Gasteiger partial charge is 0.307 e. The van der Waals surface area contributed by atoms with E-state index < -0.39 is 0 Å². The highest BCUT2D eigenvalue weighted by Crippen LogP contribution is 2.16. The molecule has 0 bridgehead atoms. The summed E-state index contributed by atoms with van der Waals surface area (Å²) in [5, 5.41) is 0. The van der Waals surface area contributed by atoms with Crippen LogP contribution in [0.15, 0.2) is 0 Å². The first-order valence-corrected chi connectivity index (χ1v) is 10.7. The summed E-state index contributed by atoms with van der Waals surface area (Å²) < 4.78 is 10.5. The highest BCUT2D eigenvalue weighted by Gasteiger charge is 2.29. The van der Waals surface area contributed by atoms with Gasteiger partial charge in [0.25, 0.3) is 0 Å². The molecule has 0 aromatic carbocycles. The van der Waals surface area contributed by atoms with Crippen LogP contribution < -0.4 is 11.5 Å². The Morgan fingerprint density at radius 1 is 0.786 bits per heavy atom. The number of carbonyl (C=O) groups excluding carboxylic acids is 2. The van der Waals surface area contributed by atoms with Crippen LogP contribution in [0.1, 0.15) is 52.4 Å². The van der Waals surface area contributed by atoms with Crippen molar-refractivity contribution in [2.75, 3.05) is 52.5 Å². The monoisotopic (exact) mass is 400 g/mol. The molecule has 1 heterocycles. The molecule has 0 spiro atoms. The number of esters is 2. The van der Waals surface area contributed by atoms with Crippen molar-refractivity contribution in [3.63, 3.8) is 0 Å². The van der Waals surface area contributed by atoms with Crippen LogP contribution in [0.3, 0.4) is 0 Å². The van der Waals surface area contributed by atoms with E-state index in [0.717, 1.165) is 38.8 Å². The fraction of sp³-hybridized carbons (Fsp3) is 0.900. The van der Waals surface area contributed by atoms with E-state index >= 15 is 0 Å². The van der Waals surface area contributed by atoms with Gasteiger partial charge in [0.05, 0.1) is 26.1 Å². The van der Waals surface area contributed by atoms with Gasteiger partial charge in [-0.25, -0.2) is 0 Å². The lowest BCUT2D eigenvalue weighted by molar-refractivity contribution is -0.146. The molecule has 1 saturated heterocycles. The van der Waals surface area contributed by atoms with Crippen LogP contribution >= 0.6 is 0 Å². The third kappa shape index (κ3) is 10.4. The van der Waals surface area contributed by atoms with Crippen LogP contribution in [-0.2, 0) is 19.1 Å². The van der Waals surface area contributed by atoms with Gasteiger partial charge < -0.3 is 20.9 Å². The number of rotatable bonds is 14. The average Bonchev–Trinajstić information content (AvgIpc) is 2.67. The Balaban J connectivity index is 2.24. The second kappa shape index (κ2) is 14.7. The molecule has 8 nitrogen and oxygen atoms in total. The average molecular weight is 401 g/mol. The number of nitrogens with zero attached hydrogens (tertiary/aromatic N) is 2. The summed E-state index contributed by atoms with van der Waals surface area (Å²) in [6, 6.07) is 0.670. The van der Waals surface area contributed by atoms with Crippen LogP contribution in [0.2, 0.25) is 0 Å². The van der Waals surface area contributed by atoms with Gasteiger partial charge in [0.15, 0.2) is 0 Å². The zero-order valence-electron chi connectivity index (χ0n) is 17.7. The minimum Gasteiger partial charge on any atom is -0.466 e. The van der Waals surface area contributed by atoms with Crippen molar-refractivity contribution in [1.29, 1.82) is 0 Å². The van der Waals surface area contributed by atoms with E-state index in [1.165, 1.54) is 0 Å². The first-order valence-electron chi connectivity index (χ1n) is 10.7. The zero-order valence-corrected chi connectivity index (χ0v) is 17.7. The predicted octanol–water partition coefficient (Wildman–Crippen LogP) is 0.725. The number of ether oxygens (including phenoxy) is 2. The van der Waals surface area contributed by atoms with Gasteiger partial charge in [0.1, 0.15) is 0 Å². The Labute approximate surface area is 169 Å². The lowest BCUT2D eigenvalue weighted by atomic mass is 10.1. The lowest BCUT2D eigenvalue weighted by Gasteiger charge is -2.44. The normalized spacial score (nSPS) is 20.9. The number of carbonyl (C=O) groups is 2. The fourth-order valence-electron chi connectivity index (χ4n) is 3.37. The zero-order chi connectivity index (χ0) is 20.8. The van der Waals surface area contributed by atoms with Crippen molar-refractivity contribution >= 4 is 11.9 Å². The van der Waals surface area contributed by atoms with E-state index in [2.05, 4.69) is 23.6 Å². The fourth-order valence-corrected chi connectivity index (χ4v) is 3.37. The molecule has 1 rings (SSSR count). The third-order valence-electron chi connectivity index (χ3n) is 5.17. The second-order valence-electron chi connectivity index (χ2n) is 7.62. The number of unbranched alkanes of at least 4 members (excludes halogenated alkanes) is 2. The first-order chi connectivity index (χ1) is 13.5. The number of nitrogens with two attached hydrogens (primary N) is 2. The summed E-state index contributed by atoms with van der Waals surface area (Å²) >= 11 is 0. The topological polar surface area (TPSA) is 111 Å². The molecule has 1 fully saturated rings. The molecule has 1 aliphatic rings. The maximum atomic E-state index is 11.9. The van der Waals surface area contributed by atoms with Crippen LogP contribution in [0.25, 0.3) is 0 Å². The summed E-state index contributed by atoms with van der Waals surface area (Å²) in [5.74, 6) is -0.284. The molecule has 0 saturated carbocycles. The molecule has 28 heavy (non-hydrogen) atoms. The van der Waals surface area contributed by atoms with Crippen LogP contribution in [0, 0.1) is 0 Å². The minimum absolute atomic E-state index is 0.142. The second-order valence-corrected chi connectivity index (χ2v) is 7.62. The van der Waals surface area contributed by atoms with E-state index in [1.54, 1.807) is 0 Å². The van der Waals surface area contributed by atoms with Crippen molar-refractivity contribution in [2.45, 2.75) is 64.5 Å². The van der Waals surface area contributed by atoms with Crippen molar-refractivity contribution < 1.29 is 19.1 Å². The largest absolute Gasteiger partial charge is 0.466 e. The molecule has 0 aromatic heterocycles. The van der Waals surface area contributed by atoms with Crippen LogP contribution in [0.4, 0.5) is 0 Å². The van der Waals surface area contributed by atoms with Crippen LogP contribution in [-0.4, -0.2) is 86.3 Å². The van der Waals surface area contributed by atoms with Gasteiger partial charge >= 0.3 is 11.9 Å². The van der Waals surface area contributed by atoms with Crippen molar-refractivity contribution in [1.82, 2.24) is 9.80 Å². The van der Waals surface area contributed by atoms with Gasteiger partial charge in [-0.1, -0.05) is 0 Å². The van der Waals surface area contributed by atoms with Crippen molar-refractivity contribution in [2.24, 2.45) is 11.5 Å². The van der Waals surface area contributed by atoms with Gasteiger partial charge in [-0.15, -0.1) is 0 Å². The molecule has 0 aromatic rings. The molecular weight excluding hydrogens is 360 g/mol. The molecule has 0 amide bonds. The molecule has 2 atom stereocenters. The molecule has 0 unspecified atom stereocenters. The maximum absolute atomic E-state index is 11.9. The highest BCUT2D eigenvalue weighted by atomic mass is 16.5. The third-order valence-corrected chi connectivity index (χ3v) is 5.17. The summed E-state index contributed by atoms with van der Waals surface area (Å²) in [6.07, 6.45) is 4.23. The van der Waals surface area contributed by atoms with Crippen molar-refractivity contribution in [3.8, 4) is 0 Å². The molecule has 4 N–H and O–H groups in total. The Hall–Kier alpha value is -1.22. The molecule has 0 radical (unpaired) electrons. The molecule has 0 aliphatic carbocycles. The minimum atomic E-state index is -0.142. The molecule has 164 valence electrons. The van der Waals surface area contributed by atoms with Gasteiger partial charge in [0, 0.05) is 38.3 Å². The maximum Gasteiger partial charge on any atom is 0.307 e. The Morgan fingerprint density at radius 2 is 1.18 bits per heavy atom. The summed E-state index contributed by atoms with van der Waals surface area (Å²) in [4.78, 5) is 28.4. The van der Waals surface area contributed by atoms with Gasteiger partial charge in [0.2, 0.25) is 0 Å².